The molecule has 0 unspecified atom stereocenters. The third-order valence-electron chi connectivity index (χ3n) is 6.22. The number of nitrogens with zero attached hydrogens (tertiary/aromatic N) is 1. The molecule has 0 amide bonds. The normalized spacial score (nSPS) is 11.2. The molecule has 0 radical (unpaired) electrons. The van der Waals surface area contributed by atoms with Crippen molar-refractivity contribution in [3.63, 3.8) is 0 Å². The smallest absolute Gasteiger partial charge is 0.323 e. The first-order chi connectivity index (χ1) is 19.3. The summed E-state index contributed by atoms with van der Waals surface area (Å²) in [6.07, 6.45) is 7.17. The molecular weight excluding hydrogens is 520 g/mol. The fourth-order valence-corrected chi connectivity index (χ4v) is 4.39. The van der Waals surface area contributed by atoms with Gasteiger partial charge in [0.15, 0.2) is 11.6 Å². The summed E-state index contributed by atoms with van der Waals surface area (Å²) in [6, 6.07) is 16.9. The van der Waals surface area contributed by atoms with Crippen LogP contribution in [0.2, 0.25) is 0 Å². The van der Waals surface area contributed by atoms with Gasteiger partial charge in [0.25, 0.3) is 0 Å². The SMILES string of the molecule is O=C(O)CCCc1cn(CC(=O)O)c2c(/C=C/c3ccc(OCCCOc4cccc(F)c4F)cc3)cccc12. The molecule has 1 heterocycles. The van der Waals surface area contributed by atoms with Crippen molar-refractivity contribution in [1.82, 2.24) is 4.57 Å². The molecule has 7 nitrogen and oxygen atoms in total. The number of fused-ring (bicyclic) bond motifs is 1. The van der Waals surface area contributed by atoms with Crippen LogP contribution in [0.1, 0.15) is 36.0 Å². The number of ether oxygens (including phenoxy) is 2. The quantitative estimate of drug-likeness (QED) is 0.139. The van der Waals surface area contributed by atoms with E-state index in [-0.39, 0.29) is 25.3 Å². The van der Waals surface area contributed by atoms with Crippen LogP contribution >= 0.6 is 0 Å². The molecule has 0 atom stereocenters. The van der Waals surface area contributed by atoms with E-state index in [0.29, 0.717) is 31.6 Å². The lowest BCUT2D eigenvalue weighted by Gasteiger charge is -2.09. The van der Waals surface area contributed by atoms with Crippen molar-refractivity contribution in [2.75, 3.05) is 13.2 Å². The molecule has 40 heavy (non-hydrogen) atoms. The standard InChI is InChI=1S/C31H29F2NO6/c32-26-8-3-9-27(30(26)33)40-18-4-17-39-24-15-12-21(13-16-24)11-14-22-5-1-7-25-23(6-2-10-28(35)36)19-34(31(22)25)20-29(37)38/h1,3,5,7-9,11-16,19H,2,4,6,10,17-18,20H2,(H,35,36)(H,37,38)/b14-11+. The number of carbonyl (C=O) groups is 2. The number of aliphatic carboxylic acids is 2. The molecule has 0 bridgehead atoms. The van der Waals surface area contributed by atoms with Crippen LogP contribution in [0, 0.1) is 11.6 Å². The van der Waals surface area contributed by atoms with Gasteiger partial charge in [0.2, 0.25) is 5.82 Å². The number of aromatic nitrogens is 1. The molecule has 9 heteroatoms. The monoisotopic (exact) mass is 549 g/mol. The second kappa shape index (κ2) is 13.4. The number of hydrogen-bond donors (Lipinski definition) is 2. The van der Waals surface area contributed by atoms with E-state index in [4.69, 9.17) is 14.6 Å². The van der Waals surface area contributed by atoms with Gasteiger partial charge in [-0.1, -0.05) is 48.6 Å². The van der Waals surface area contributed by atoms with E-state index < -0.39 is 23.6 Å². The summed E-state index contributed by atoms with van der Waals surface area (Å²) < 4.78 is 39.5. The lowest BCUT2D eigenvalue weighted by Crippen LogP contribution is -2.07. The highest BCUT2D eigenvalue weighted by molar-refractivity contribution is 5.94. The zero-order chi connectivity index (χ0) is 28.5. The first kappa shape index (κ1) is 28.4. The van der Waals surface area contributed by atoms with Crippen molar-refractivity contribution in [2.45, 2.75) is 32.2 Å². The van der Waals surface area contributed by atoms with Gasteiger partial charge in [0.05, 0.1) is 18.7 Å². The molecule has 3 aromatic carbocycles. The number of hydrogen-bond acceptors (Lipinski definition) is 4. The van der Waals surface area contributed by atoms with Crippen LogP contribution in [0.15, 0.2) is 66.9 Å². The van der Waals surface area contributed by atoms with Crippen LogP contribution in [0.25, 0.3) is 23.1 Å². The van der Waals surface area contributed by atoms with Gasteiger partial charge in [-0.3, -0.25) is 9.59 Å². The average Bonchev–Trinajstić information content (AvgIpc) is 3.27. The zero-order valence-electron chi connectivity index (χ0n) is 21.7. The van der Waals surface area contributed by atoms with Gasteiger partial charge in [-0.15, -0.1) is 0 Å². The van der Waals surface area contributed by atoms with Crippen LogP contribution in [0.4, 0.5) is 8.78 Å². The Balaban J connectivity index is 1.38. The second-order valence-corrected chi connectivity index (χ2v) is 9.17. The third-order valence-corrected chi connectivity index (χ3v) is 6.22. The van der Waals surface area contributed by atoms with Gasteiger partial charge >= 0.3 is 11.9 Å². The number of rotatable bonds is 14. The Kier molecular flexibility index (Phi) is 9.51. The van der Waals surface area contributed by atoms with Crippen LogP contribution in [0.5, 0.6) is 11.5 Å². The fraction of sp³-hybridized carbons (Fsp3) is 0.226. The van der Waals surface area contributed by atoms with E-state index in [1.54, 1.807) is 10.8 Å². The number of carboxylic acid groups (broad SMARTS) is 2. The highest BCUT2D eigenvalue weighted by Gasteiger charge is 2.14. The maximum Gasteiger partial charge on any atom is 0.323 e. The summed E-state index contributed by atoms with van der Waals surface area (Å²) in [7, 11) is 0. The molecule has 0 aliphatic carbocycles. The molecular formula is C31H29F2NO6. The predicted octanol–water partition coefficient (Wildman–Crippen LogP) is 6.43. The Bertz CT molecular complexity index is 1510. The van der Waals surface area contributed by atoms with E-state index in [9.17, 15) is 23.5 Å². The van der Waals surface area contributed by atoms with Crippen LogP contribution < -0.4 is 9.47 Å². The van der Waals surface area contributed by atoms with Crippen molar-refractivity contribution in [1.29, 1.82) is 0 Å². The number of carboxylic acids is 2. The number of para-hydroxylation sites is 1. The Labute approximate surface area is 229 Å². The molecule has 0 saturated carbocycles. The van der Waals surface area contributed by atoms with Crippen LogP contribution in [0.3, 0.4) is 0 Å². The molecule has 0 fully saturated rings. The summed E-state index contributed by atoms with van der Waals surface area (Å²) in [6.45, 7) is 0.315. The molecule has 0 aliphatic heterocycles. The average molecular weight is 550 g/mol. The topological polar surface area (TPSA) is 98.0 Å². The molecule has 1 aromatic heterocycles. The van der Waals surface area contributed by atoms with Gasteiger partial charge in [0.1, 0.15) is 12.3 Å². The summed E-state index contributed by atoms with van der Waals surface area (Å²) in [5.74, 6) is -3.26. The predicted molar refractivity (Wildman–Crippen MR) is 147 cm³/mol. The first-order valence-corrected chi connectivity index (χ1v) is 12.8. The van der Waals surface area contributed by atoms with E-state index in [2.05, 4.69) is 0 Å². The molecule has 4 aromatic rings. The van der Waals surface area contributed by atoms with Gasteiger partial charge in [-0.25, -0.2) is 4.39 Å². The minimum Gasteiger partial charge on any atom is -0.493 e. The van der Waals surface area contributed by atoms with E-state index in [1.807, 2.05) is 54.6 Å². The lowest BCUT2D eigenvalue weighted by atomic mass is 10.0. The highest BCUT2D eigenvalue weighted by atomic mass is 19.2. The molecule has 0 saturated heterocycles. The largest absolute Gasteiger partial charge is 0.493 e. The van der Waals surface area contributed by atoms with Crippen molar-refractivity contribution in [3.8, 4) is 11.5 Å². The first-order valence-electron chi connectivity index (χ1n) is 12.8. The fourth-order valence-electron chi connectivity index (χ4n) is 4.39. The maximum atomic E-state index is 13.6. The van der Waals surface area contributed by atoms with Crippen molar-refractivity contribution < 1.29 is 38.1 Å². The Morgan fingerprint density at radius 3 is 2.35 bits per heavy atom. The Hall–Kier alpha value is -4.66. The highest BCUT2D eigenvalue weighted by Crippen LogP contribution is 2.28. The van der Waals surface area contributed by atoms with Gasteiger partial charge in [-0.2, -0.15) is 4.39 Å². The van der Waals surface area contributed by atoms with Gasteiger partial charge in [-0.05, 0) is 53.8 Å². The van der Waals surface area contributed by atoms with Crippen molar-refractivity contribution in [3.05, 3.63) is 95.2 Å². The summed E-state index contributed by atoms with van der Waals surface area (Å²) in [5.41, 5.74) is 3.46. The zero-order valence-corrected chi connectivity index (χ0v) is 21.7. The Morgan fingerprint density at radius 2 is 1.60 bits per heavy atom. The number of benzene rings is 3. The molecule has 208 valence electrons. The molecule has 0 aliphatic rings. The van der Waals surface area contributed by atoms with Gasteiger partial charge in [0, 0.05) is 24.4 Å². The van der Waals surface area contributed by atoms with Gasteiger partial charge < -0.3 is 24.3 Å². The Morgan fingerprint density at radius 1 is 0.850 bits per heavy atom. The van der Waals surface area contributed by atoms with Crippen LogP contribution in [-0.2, 0) is 22.6 Å². The molecule has 4 rings (SSSR count). The van der Waals surface area contributed by atoms with Crippen molar-refractivity contribution >= 4 is 35.0 Å². The van der Waals surface area contributed by atoms with Crippen molar-refractivity contribution in [2.24, 2.45) is 0 Å². The van der Waals surface area contributed by atoms with Crippen LogP contribution in [-0.4, -0.2) is 39.9 Å². The summed E-state index contributed by atoms with van der Waals surface area (Å²) >= 11 is 0. The summed E-state index contributed by atoms with van der Waals surface area (Å²) in [5, 5.41) is 19.3. The van der Waals surface area contributed by atoms with E-state index in [1.165, 1.54) is 12.1 Å². The minimum absolute atomic E-state index is 0.0492. The van der Waals surface area contributed by atoms with E-state index in [0.717, 1.165) is 33.7 Å². The third kappa shape index (κ3) is 7.47. The number of halogens is 2. The maximum absolute atomic E-state index is 13.6. The molecule has 0 spiro atoms. The number of aryl methyl sites for hydroxylation is 1. The second-order valence-electron chi connectivity index (χ2n) is 9.17. The lowest BCUT2D eigenvalue weighted by molar-refractivity contribution is -0.138. The summed E-state index contributed by atoms with van der Waals surface area (Å²) in [4.78, 5) is 22.4. The molecule has 2 N–H and O–H groups in total. The van der Waals surface area contributed by atoms with E-state index >= 15 is 0 Å². The minimum atomic E-state index is -1.01.